The Bertz CT molecular complexity index is 600. The molecule has 1 atom stereocenters. The van der Waals surface area contributed by atoms with Crippen LogP contribution >= 0.6 is 0 Å². The summed E-state index contributed by atoms with van der Waals surface area (Å²) in [5, 5.41) is 11.2. The molecule has 1 aromatic rings. The summed E-state index contributed by atoms with van der Waals surface area (Å²) in [7, 11) is 0. The lowest BCUT2D eigenvalue weighted by Gasteiger charge is -2.42. The minimum atomic E-state index is -0.667. The molecule has 0 aromatic heterocycles. The van der Waals surface area contributed by atoms with E-state index in [1.807, 2.05) is 0 Å². The zero-order chi connectivity index (χ0) is 16.5. The Morgan fingerprint density at radius 3 is 2.73 bits per heavy atom. The quantitative estimate of drug-likeness (QED) is 0.641. The molecule has 120 valence electrons. The van der Waals surface area contributed by atoms with Gasteiger partial charge in [0.25, 0.3) is 5.69 Å². The lowest BCUT2D eigenvalue weighted by Crippen LogP contribution is -2.52. The maximum atomic E-state index is 11.2. The van der Waals surface area contributed by atoms with Crippen LogP contribution in [0.15, 0.2) is 18.2 Å². The standard InChI is InChI=1S/C15H22N4O3/c1-15(2)9-18(6-5-13(15)16)8-11-4-3-10(14(17)20)7-12(11)19(21)22/h3-4,7,13H,5-6,8-9,16H2,1-2H3,(H2,17,20). The second-order valence-electron chi connectivity index (χ2n) is 6.56. The zero-order valence-corrected chi connectivity index (χ0v) is 12.9. The molecular formula is C15H22N4O3. The summed E-state index contributed by atoms with van der Waals surface area (Å²) in [6, 6.07) is 4.53. The van der Waals surface area contributed by atoms with Crippen molar-refractivity contribution in [1.29, 1.82) is 0 Å². The summed E-state index contributed by atoms with van der Waals surface area (Å²) in [5.74, 6) is -0.667. The molecule has 2 rings (SSSR count). The van der Waals surface area contributed by atoms with Crippen LogP contribution in [0, 0.1) is 15.5 Å². The summed E-state index contributed by atoms with van der Waals surface area (Å²) in [6.07, 6.45) is 0.861. The molecule has 0 radical (unpaired) electrons. The number of nitrogens with zero attached hydrogens (tertiary/aromatic N) is 2. The molecule has 0 spiro atoms. The molecule has 1 aliphatic rings. The Kier molecular flexibility index (Phi) is 4.48. The van der Waals surface area contributed by atoms with Crippen molar-refractivity contribution >= 4 is 11.6 Å². The molecule has 7 heteroatoms. The molecular weight excluding hydrogens is 284 g/mol. The Morgan fingerprint density at radius 2 is 2.18 bits per heavy atom. The van der Waals surface area contributed by atoms with Crippen LogP contribution in [0.1, 0.15) is 36.2 Å². The highest BCUT2D eigenvalue weighted by Crippen LogP contribution is 2.30. The average Bonchev–Trinajstić information content (AvgIpc) is 2.42. The normalized spacial score (nSPS) is 21.5. The van der Waals surface area contributed by atoms with Crippen molar-refractivity contribution in [2.45, 2.75) is 32.9 Å². The maximum Gasteiger partial charge on any atom is 0.274 e. The van der Waals surface area contributed by atoms with Crippen LogP contribution in [-0.2, 0) is 6.54 Å². The number of likely N-dealkylation sites (tertiary alicyclic amines) is 1. The van der Waals surface area contributed by atoms with Crippen LogP contribution in [0.2, 0.25) is 0 Å². The van der Waals surface area contributed by atoms with Crippen molar-refractivity contribution in [2.24, 2.45) is 16.9 Å². The van der Waals surface area contributed by atoms with Crippen LogP contribution in [-0.4, -0.2) is 34.9 Å². The predicted octanol–water partition coefficient (Wildman–Crippen LogP) is 1.25. The van der Waals surface area contributed by atoms with Gasteiger partial charge in [0.05, 0.1) is 4.92 Å². The summed E-state index contributed by atoms with van der Waals surface area (Å²) in [5.41, 5.74) is 11.9. The Morgan fingerprint density at radius 1 is 1.50 bits per heavy atom. The summed E-state index contributed by atoms with van der Waals surface area (Å²) in [4.78, 5) is 24.1. The number of nitro groups is 1. The van der Waals surface area contributed by atoms with E-state index in [4.69, 9.17) is 11.5 Å². The van der Waals surface area contributed by atoms with Crippen LogP contribution in [0.3, 0.4) is 0 Å². The van der Waals surface area contributed by atoms with Crippen LogP contribution in [0.4, 0.5) is 5.69 Å². The van der Waals surface area contributed by atoms with Crippen LogP contribution in [0.5, 0.6) is 0 Å². The van der Waals surface area contributed by atoms with E-state index < -0.39 is 10.8 Å². The number of rotatable bonds is 4. The van der Waals surface area contributed by atoms with Gasteiger partial charge in [0, 0.05) is 42.9 Å². The van der Waals surface area contributed by atoms with Crippen molar-refractivity contribution < 1.29 is 9.72 Å². The van der Waals surface area contributed by atoms with Gasteiger partial charge in [0.15, 0.2) is 0 Å². The first-order valence-electron chi connectivity index (χ1n) is 7.26. The molecule has 0 bridgehead atoms. The molecule has 1 aliphatic heterocycles. The number of nitrogens with two attached hydrogens (primary N) is 2. The van der Waals surface area contributed by atoms with E-state index in [2.05, 4.69) is 18.7 Å². The first-order valence-corrected chi connectivity index (χ1v) is 7.26. The third-order valence-electron chi connectivity index (χ3n) is 4.35. The van der Waals surface area contributed by atoms with Crippen molar-refractivity contribution in [3.05, 3.63) is 39.4 Å². The lowest BCUT2D eigenvalue weighted by molar-refractivity contribution is -0.385. The number of piperidine rings is 1. The molecule has 4 N–H and O–H groups in total. The number of hydrogen-bond donors (Lipinski definition) is 2. The number of carbonyl (C=O) groups excluding carboxylic acids is 1. The topological polar surface area (TPSA) is 115 Å². The van der Waals surface area contributed by atoms with Crippen molar-refractivity contribution in [1.82, 2.24) is 4.90 Å². The summed E-state index contributed by atoms with van der Waals surface area (Å²) >= 11 is 0. The fraction of sp³-hybridized carbons (Fsp3) is 0.533. The Hall–Kier alpha value is -1.99. The number of nitro benzene ring substituents is 1. The monoisotopic (exact) mass is 306 g/mol. The third kappa shape index (κ3) is 3.42. The average molecular weight is 306 g/mol. The van der Waals surface area contributed by atoms with E-state index in [9.17, 15) is 14.9 Å². The minimum absolute atomic E-state index is 0.0276. The first kappa shape index (κ1) is 16.4. The second kappa shape index (κ2) is 6.02. The van der Waals surface area contributed by atoms with E-state index in [0.29, 0.717) is 12.1 Å². The second-order valence-corrected chi connectivity index (χ2v) is 6.56. The fourth-order valence-electron chi connectivity index (χ4n) is 2.88. The van der Waals surface area contributed by atoms with Gasteiger partial charge in [-0.1, -0.05) is 19.9 Å². The highest BCUT2D eigenvalue weighted by atomic mass is 16.6. The molecule has 1 aromatic carbocycles. The van der Waals surface area contributed by atoms with E-state index in [1.165, 1.54) is 12.1 Å². The van der Waals surface area contributed by atoms with Crippen LogP contribution in [0.25, 0.3) is 0 Å². The third-order valence-corrected chi connectivity index (χ3v) is 4.35. The van der Waals surface area contributed by atoms with Gasteiger partial charge in [0.1, 0.15) is 0 Å². The number of hydrogen-bond acceptors (Lipinski definition) is 5. The molecule has 22 heavy (non-hydrogen) atoms. The summed E-state index contributed by atoms with van der Waals surface area (Å²) < 4.78 is 0. The van der Waals surface area contributed by atoms with E-state index >= 15 is 0 Å². The van der Waals surface area contributed by atoms with E-state index in [-0.39, 0.29) is 22.7 Å². The first-order chi connectivity index (χ1) is 10.2. The molecule has 7 nitrogen and oxygen atoms in total. The molecule has 0 aliphatic carbocycles. The summed E-state index contributed by atoms with van der Waals surface area (Å²) in [6.45, 7) is 6.26. The number of carbonyl (C=O) groups is 1. The SMILES string of the molecule is CC1(C)CN(Cc2ccc(C(N)=O)cc2[N+](=O)[O-])CCC1N. The lowest BCUT2D eigenvalue weighted by atomic mass is 9.79. The molecule has 0 saturated carbocycles. The van der Waals surface area contributed by atoms with Crippen molar-refractivity contribution in [2.75, 3.05) is 13.1 Å². The van der Waals surface area contributed by atoms with Gasteiger partial charge in [0.2, 0.25) is 5.91 Å². The van der Waals surface area contributed by atoms with Gasteiger partial charge in [-0.3, -0.25) is 19.8 Å². The number of benzene rings is 1. The van der Waals surface area contributed by atoms with Gasteiger partial charge in [-0.2, -0.15) is 0 Å². The molecule has 1 saturated heterocycles. The zero-order valence-electron chi connectivity index (χ0n) is 12.9. The molecule has 1 heterocycles. The minimum Gasteiger partial charge on any atom is -0.366 e. The smallest absolute Gasteiger partial charge is 0.274 e. The Balaban J connectivity index is 2.22. The van der Waals surface area contributed by atoms with E-state index in [0.717, 1.165) is 19.5 Å². The molecule has 1 amide bonds. The fourth-order valence-corrected chi connectivity index (χ4v) is 2.88. The van der Waals surface area contributed by atoms with Gasteiger partial charge in [-0.25, -0.2) is 0 Å². The van der Waals surface area contributed by atoms with Crippen LogP contribution < -0.4 is 11.5 Å². The highest BCUT2D eigenvalue weighted by molar-refractivity contribution is 5.93. The number of primary amides is 1. The largest absolute Gasteiger partial charge is 0.366 e. The van der Waals surface area contributed by atoms with Gasteiger partial charge < -0.3 is 11.5 Å². The predicted molar refractivity (Wildman–Crippen MR) is 83.3 cm³/mol. The highest BCUT2D eigenvalue weighted by Gasteiger charge is 2.34. The van der Waals surface area contributed by atoms with Gasteiger partial charge in [-0.05, 0) is 17.9 Å². The van der Waals surface area contributed by atoms with E-state index in [1.54, 1.807) is 6.07 Å². The van der Waals surface area contributed by atoms with Gasteiger partial charge >= 0.3 is 0 Å². The molecule has 1 unspecified atom stereocenters. The van der Waals surface area contributed by atoms with Crippen molar-refractivity contribution in [3.63, 3.8) is 0 Å². The van der Waals surface area contributed by atoms with Gasteiger partial charge in [-0.15, -0.1) is 0 Å². The Labute approximate surface area is 129 Å². The number of amides is 1. The maximum absolute atomic E-state index is 11.2. The van der Waals surface area contributed by atoms with Crippen molar-refractivity contribution in [3.8, 4) is 0 Å². The molecule has 1 fully saturated rings.